The molecule has 0 bridgehead atoms. The highest BCUT2D eigenvalue weighted by molar-refractivity contribution is 7.99. The molecule has 1 aromatic heterocycles. The first-order chi connectivity index (χ1) is 8.22. The minimum Gasteiger partial charge on any atom is -0.372 e. The number of rotatable bonds is 2. The highest BCUT2D eigenvalue weighted by Crippen LogP contribution is 2.21. The highest BCUT2D eigenvalue weighted by atomic mass is 35.5. The third-order valence-electron chi connectivity index (χ3n) is 2.62. The summed E-state index contributed by atoms with van der Waals surface area (Å²) in [4.78, 5) is 18.1. The first kappa shape index (κ1) is 12.5. The van der Waals surface area contributed by atoms with Gasteiger partial charge in [0.1, 0.15) is 5.82 Å². The Hall–Kier alpha value is -0.940. The molecule has 0 aliphatic carbocycles. The number of aromatic nitrogens is 1. The van der Waals surface area contributed by atoms with Crippen molar-refractivity contribution in [2.24, 2.45) is 0 Å². The van der Waals surface area contributed by atoms with Gasteiger partial charge < -0.3 is 10.2 Å². The topological polar surface area (TPSA) is 45.2 Å². The number of amides is 1. The van der Waals surface area contributed by atoms with Crippen LogP contribution >= 0.6 is 23.4 Å². The average Bonchev–Trinajstić information content (AvgIpc) is 2.39. The van der Waals surface area contributed by atoms with Crippen molar-refractivity contribution in [3.8, 4) is 0 Å². The fourth-order valence-electron chi connectivity index (χ4n) is 1.69. The van der Waals surface area contributed by atoms with Crippen LogP contribution in [-0.4, -0.2) is 47.4 Å². The summed E-state index contributed by atoms with van der Waals surface area (Å²) in [5.74, 6) is 2.61. The van der Waals surface area contributed by atoms with E-state index in [4.69, 9.17) is 11.6 Å². The van der Waals surface area contributed by atoms with E-state index in [0.29, 0.717) is 16.4 Å². The standard InChI is InChI=1S/C11H14ClN3OS/c1-13-10-9(12)6-8(7-14-10)11(16)15-2-4-17-5-3-15/h6-7H,2-5H2,1H3,(H,13,14). The SMILES string of the molecule is CNc1ncc(C(=O)N2CCSCC2)cc1Cl. The number of thioether (sulfide) groups is 1. The molecule has 17 heavy (non-hydrogen) atoms. The first-order valence-corrected chi connectivity index (χ1v) is 6.96. The van der Waals surface area contributed by atoms with Gasteiger partial charge in [0.05, 0.1) is 10.6 Å². The molecule has 2 rings (SSSR count). The Morgan fingerprint density at radius 2 is 2.24 bits per heavy atom. The molecule has 1 amide bonds. The van der Waals surface area contributed by atoms with Gasteiger partial charge >= 0.3 is 0 Å². The fourth-order valence-corrected chi connectivity index (χ4v) is 2.85. The van der Waals surface area contributed by atoms with Gasteiger partial charge in [-0.05, 0) is 6.07 Å². The molecule has 0 saturated carbocycles. The van der Waals surface area contributed by atoms with Crippen molar-refractivity contribution >= 4 is 35.1 Å². The largest absolute Gasteiger partial charge is 0.372 e. The van der Waals surface area contributed by atoms with E-state index in [9.17, 15) is 4.79 Å². The van der Waals surface area contributed by atoms with Crippen LogP contribution < -0.4 is 5.32 Å². The van der Waals surface area contributed by atoms with E-state index in [1.165, 1.54) is 0 Å². The van der Waals surface area contributed by atoms with Crippen LogP contribution in [0.5, 0.6) is 0 Å². The van der Waals surface area contributed by atoms with Gasteiger partial charge in [0.25, 0.3) is 5.91 Å². The van der Waals surface area contributed by atoms with Crippen LogP contribution in [0.1, 0.15) is 10.4 Å². The molecular formula is C11H14ClN3OS. The van der Waals surface area contributed by atoms with Gasteiger partial charge in [-0.1, -0.05) is 11.6 Å². The lowest BCUT2D eigenvalue weighted by Gasteiger charge is -2.26. The minimum atomic E-state index is 0.0161. The second kappa shape index (κ2) is 5.60. The van der Waals surface area contributed by atoms with Crippen molar-refractivity contribution in [1.82, 2.24) is 9.88 Å². The third-order valence-corrected chi connectivity index (χ3v) is 3.85. The molecule has 0 spiro atoms. The number of halogens is 1. The lowest BCUT2D eigenvalue weighted by atomic mass is 10.2. The van der Waals surface area contributed by atoms with Crippen LogP contribution in [0.15, 0.2) is 12.3 Å². The number of pyridine rings is 1. The summed E-state index contributed by atoms with van der Waals surface area (Å²) in [6.45, 7) is 1.60. The number of hydrogen-bond donors (Lipinski definition) is 1. The second-order valence-corrected chi connectivity index (χ2v) is 5.34. The molecule has 1 aliphatic heterocycles. The van der Waals surface area contributed by atoms with E-state index in [1.54, 1.807) is 19.3 Å². The van der Waals surface area contributed by atoms with Crippen molar-refractivity contribution in [2.45, 2.75) is 0 Å². The smallest absolute Gasteiger partial charge is 0.255 e. The average molecular weight is 272 g/mol. The maximum absolute atomic E-state index is 12.1. The van der Waals surface area contributed by atoms with Crippen molar-refractivity contribution in [3.63, 3.8) is 0 Å². The Balaban J connectivity index is 2.16. The van der Waals surface area contributed by atoms with Crippen molar-refractivity contribution in [3.05, 3.63) is 22.8 Å². The van der Waals surface area contributed by atoms with Crippen molar-refractivity contribution in [1.29, 1.82) is 0 Å². The van der Waals surface area contributed by atoms with Gasteiger partial charge in [0.2, 0.25) is 0 Å². The Labute approximate surface area is 110 Å². The van der Waals surface area contributed by atoms with E-state index < -0.39 is 0 Å². The molecule has 4 nitrogen and oxygen atoms in total. The Morgan fingerprint density at radius 1 is 1.53 bits per heavy atom. The van der Waals surface area contributed by atoms with Gasteiger partial charge in [-0.2, -0.15) is 11.8 Å². The summed E-state index contributed by atoms with van der Waals surface area (Å²) in [5, 5.41) is 3.35. The minimum absolute atomic E-state index is 0.0161. The van der Waals surface area contributed by atoms with Crippen LogP contribution in [0, 0.1) is 0 Å². The monoisotopic (exact) mass is 271 g/mol. The molecule has 6 heteroatoms. The molecule has 2 heterocycles. The van der Waals surface area contributed by atoms with Gasteiger partial charge in [-0.15, -0.1) is 0 Å². The quantitative estimate of drug-likeness (QED) is 0.893. The van der Waals surface area contributed by atoms with Crippen molar-refractivity contribution in [2.75, 3.05) is 37.0 Å². The van der Waals surface area contributed by atoms with E-state index >= 15 is 0 Å². The molecule has 0 unspecified atom stereocenters. The summed E-state index contributed by atoms with van der Waals surface area (Å²) in [6, 6.07) is 1.67. The van der Waals surface area contributed by atoms with Gasteiger partial charge in [-0.3, -0.25) is 4.79 Å². The summed E-state index contributed by atoms with van der Waals surface area (Å²) in [5.41, 5.74) is 0.556. The molecular weight excluding hydrogens is 258 g/mol. The molecule has 0 atom stereocenters. The number of anilines is 1. The van der Waals surface area contributed by atoms with E-state index in [1.807, 2.05) is 16.7 Å². The van der Waals surface area contributed by atoms with Crippen LogP contribution in [0.3, 0.4) is 0 Å². The summed E-state index contributed by atoms with van der Waals surface area (Å²) >= 11 is 7.89. The normalized spacial score (nSPS) is 15.8. The van der Waals surface area contributed by atoms with Crippen LogP contribution in [0.2, 0.25) is 5.02 Å². The van der Waals surface area contributed by atoms with Gasteiger partial charge in [-0.25, -0.2) is 4.98 Å². The zero-order valence-corrected chi connectivity index (χ0v) is 11.1. The zero-order chi connectivity index (χ0) is 12.3. The summed E-state index contributed by atoms with van der Waals surface area (Å²) in [7, 11) is 1.75. The number of carbonyl (C=O) groups is 1. The Morgan fingerprint density at radius 3 is 2.82 bits per heavy atom. The molecule has 0 aromatic carbocycles. The van der Waals surface area contributed by atoms with Gasteiger partial charge in [0.15, 0.2) is 0 Å². The summed E-state index contributed by atoms with van der Waals surface area (Å²) < 4.78 is 0. The molecule has 1 N–H and O–H groups in total. The van der Waals surface area contributed by atoms with Crippen LogP contribution in [0.4, 0.5) is 5.82 Å². The molecule has 1 aliphatic rings. The van der Waals surface area contributed by atoms with Crippen LogP contribution in [-0.2, 0) is 0 Å². The number of carbonyl (C=O) groups excluding carboxylic acids is 1. The summed E-state index contributed by atoms with van der Waals surface area (Å²) in [6.07, 6.45) is 1.57. The number of nitrogens with zero attached hydrogens (tertiary/aromatic N) is 2. The third kappa shape index (κ3) is 2.84. The molecule has 1 aromatic rings. The van der Waals surface area contributed by atoms with Gasteiger partial charge in [0, 0.05) is 37.8 Å². The Bertz CT molecular complexity index is 421. The zero-order valence-electron chi connectivity index (χ0n) is 9.57. The predicted molar refractivity (Wildman–Crippen MR) is 72.0 cm³/mol. The lowest BCUT2D eigenvalue weighted by Crippen LogP contribution is -2.37. The second-order valence-electron chi connectivity index (χ2n) is 3.71. The maximum atomic E-state index is 12.1. The lowest BCUT2D eigenvalue weighted by molar-refractivity contribution is 0.0772. The molecule has 1 fully saturated rings. The molecule has 92 valence electrons. The maximum Gasteiger partial charge on any atom is 0.255 e. The van der Waals surface area contributed by atoms with Crippen LogP contribution in [0.25, 0.3) is 0 Å². The van der Waals surface area contributed by atoms with E-state index in [-0.39, 0.29) is 5.91 Å². The number of nitrogens with one attached hydrogen (secondary N) is 1. The van der Waals surface area contributed by atoms with Crippen molar-refractivity contribution < 1.29 is 4.79 Å². The predicted octanol–water partition coefficient (Wildman–Crippen LogP) is 1.97. The van der Waals surface area contributed by atoms with E-state index in [0.717, 1.165) is 24.6 Å². The Kier molecular flexibility index (Phi) is 4.12. The molecule has 1 saturated heterocycles. The molecule has 0 radical (unpaired) electrons. The highest BCUT2D eigenvalue weighted by Gasteiger charge is 2.19. The fraction of sp³-hybridized carbons (Fsp3) is 0.455. The number of hydrogen-bond acceptors (Lipinski definition) is 4. The first-order valence-electron chi connectivity index (χ1n) is 5.42. The van der Waals surface area contributed by atoms with E-state index in [2.05, 4.69) is 10.3 Å².